The van der Waals surface area contributed by atoms with Crippen molar-refractivity contribution in [3.05, 3.63) is 28.7 Å². The first-order valence-electron chi connectivity index (χ1n) is 5.67. The molecule has 1 aliphatic rings. The molecular weight excluding hydrogens is 282 g/mol. The van der Waals surface area contributed by atoms with E-state index in [1.54, 1.807) is 4.90 Å². The number of piperazine rings is 1. The third-order valence-electron chi connectivity index (χ3n) is 2.87. The highest BCUT2D eigenvalue weighted by atomic mass is 79.9. The number of halogens is 1. The summed E-state index contributed by atoms with van der Waals surface area (Å²) in [5.74, 6) is 0. The Bertz CT molecular complexity index is 404. The van der Waals surface area contributed by atoms with Crippen molar-refractivity contribution < 1.29 is 4.79 Å². The fourth-order valence-electron chi connectivity index (χ4n) is 1.86. The first-order valence-corrected chi connectivity index (χ1v) is 6.47. The molecule has 2 amide bonds. The van der Waals surface area contributed by atoms with Crippen LogP contribution in [0.2, 0.25) is 0 Å². The summed E-state index contributed by atoms with van der Waals surface area (Å²) in [7, 11) is 1.81. The van der Waals surface area contributed by atoms with Crippen LogP contribution in [0.3, 0.4) is 0 Å². The van der Waals surface area contributed by atoms with Crippen molar-refractivity contribution in [3.63, 3.8) is 0 Å². The van der Waals surface area contributed by atoms with Crippen molar-refractivity contribution in [2.45, 2.75) is 0 Å². The van der Waals surface area contributed by atoms with E-state index in [9.17, 15) is 4.79 Å². The summed E-state index contributed by atoms with van der Waals surface area (Å²) >= 11 is 3.41. The van der Waals surface area contributed by atoms with Crippen LogP contribution in [0.15, 0.2) is 28.7 Å². The van der Waals surface area contributed by atoms with Crippen molar-refractivity contribution in [2.24, 2.45) is 0 Å². The number of hydrogen-bond acceptors (Lipinski definition) is 2. The zero-order chi connectivity index (χ0) is 12.3. The number of anilines is 1. The molecule has 1 fully saturated rings. The van der Waals surface area contributed by atoms with Crippen LogP contribution < -0.4 is 10.2 Å². The van der Waals surface area contributed by atoms with Gasteiger partial charge >= 0.3 is 6.03 Å². The van der Waals surface area contributed by atoms with Gasteiger partial charge < -0.3 is 10.2 Å². The summed E-state index contributed by atoms with van der Waals surface area (Å²) in [5.41, 5.74) is 0.905. The van der Waals surface area contributed by atoms with E-state index in [1.165, 1.54) is 0 Å². The van der Waals surface area contributed by atoms with Crippen LogP contribution >= 0.6 is 15.9 Å². The number of carbonyl (C=O) groups is 1. The van der Waals surface area contributed by atoms with Crippen LogP contribution in [0, 0.1) is 0 Å². The van der Waals surface area contributed by atoms with Gasteiger partial charge in [0.05, 0.1) is 0 Å². The molecule has 4 nitrogen and oxygen atoms in total. The Balaban J connectivity index is 2.08. The summed E-state index contributed by atoms with van der Waals surface area (Å²) < 4.78 is 0.981. The van der Waals surface area contributed by atoms with E-state index in [2.05, 4.69) is 21.2 Å². The minimum Gasteiger partial charge on any atom is -0.322 e. The number of hydrogen-bond donors (Lipinski definition) is 1. The Morgan fingerprint density at radius 2 is 2.12 bits per heavy atom. The average Bonchev–Trinajstić information content (AvgIpc) is 2.38. The topological polar surface area (TPSA) is 35.6 Å². The Morgan fingerprint density at radius 3 is 2.76 bits per heavy atom. The van der Waals surface area contributed by atoms with Gasteiger partial charge in [-0.1, -0.05) is 22.0 Å². The van der Waals surface area contributed by atoms with Crippen LogP contribution in [0.25, 0.3) is 0 Å². The Hall–Kier alpha value is -1.07. The van der Waals surface area contributed by atoms with Gasteiger partial charge in [0.15, 0.2) is 0 Å². The standard InChI is InChI=1S/C12H16BrN3O/c1-15(11-4-2-3-10(13)9-11)12(17)16-7-5-14-6-8-16/h2-4,9,14H,5-8H2,1H3. The minimum absolute atomic E-state index is 0.0598. The van der Waals surface area contributed by atoms with E-state index in [0.717, 1.165) is 36.3 Å². The second kappa shape index (κ2) is 5.51. The molecule has 0 aliphatic carbocycles. The third kappa shape index (κ3) is 2.98. The first-order chi connectivity index (χ1) is 8.18. The van der Waals surface area contributed by atoms with Gasteiger partial charge in [-0.05, 0) is 18.2 Å². The summed E-state index contributed by atoms with van der Waals surface area (Å²) in [6.07, 6.45) is 0. The van der Waals surface area contributed by atoms with E-state index in [0.29, 0.717) is 0 Å². The number of nitrogens with one attached hydrogen (secondary N) is 1. The van der Waals surface area contributed by atoms with Crippen LogP contribution in [0.5, 0.6) is 0 Å². The molecular formula is C12H16BrN3O. The predicted molar refractivity (Wildman–Crippen MR) is 72.4 cm³/mol. The smallest absolute Gasteiger partial charge is 0.322 e. The quantitative estimate of drug-likeness (QED) is 0.859. The zero-order valence-corrected chi connectivity index (χ0v) is 11.4. The molecule has 0 bridgehead atoms. The van der Waals surface area contributed by atoms with E-state index in [4.69, 9.17) is 0 Å². The van der Waals surface area contributed by atoms with Crippen molar-refractivity contribution >= 4 is 27.6 Å². The molecule has 5 heteroatoms. The second-order valence-electron chi connectivity index (χ2n) is 4.06. The number of urea groups is 1. The largest absolute Gasteiger partial charge is 0.324 e. The van der Waals surface area contributed by atoms with Crippen LogP contribution in [-0.4, -0.2) is 44.2 Å². The number of rotatable bonds is 1. The van der Waals surface area contributed by atoms with Crippen LogP contribution in [0.1, 0.15) is 0 Å². The molecule has 1 saturated heterocycles. The molecule has 0 atom stereocenters. The molecule has 0 spiro atoms. The Kier molecular flexibility index (Phi) is 4.02. The molecule has 0 aromatic heterocycles. The van der Waals surface area contributed by atoms with Crippen molar-refractivity contribution in [1.82, 2.24) is 10.2 Å². The van der Waals surface area contributed by atoms with Crippen molar-refractivity contribution in [1.29, 1.82) is 0 Å². The monoisotopic (exact) mass is 297 g/mol. The van der Waals surface area contributed by atoms with Gasteiger partial charge in [0.1, 0.15) is 0 Å². The Morgan fingerprint density at radius 1 is 1.41 bits per heavy atom. The molecule has 92 valence electrons. The normalized spacial score (nSPS) is 15.8. The maximum atomic E-state index is 12.2. The number of amides is 2. The molecule has 0 radical (unpaired) electrons. The lowest BCUT2D eigenvalue weighted by Crippen LogP contribution is -2.50. The van der Waals surface area contributed by atoms with Gasteiger partial charge in [-0.25, -0.2) is 4.79 Å². The SMILES string of the molecule is CN(C(=O)N1CCNCC1)c1cccc(Br)c1. The predicted octanol–water partition coefficient (Wildman–Crippen LogP) is 1.91. The van der Waals surface area contributed by atoms with E-state index < -0.39 is 0 Å². The van der Waals surface area contributed by atoms with E-state index >= 15 is 0 Å². The van der Waals surface area contributed by atoms with Gasteiger partial charge in [-0.3, -0.25) is 4.90 Å². The van der Waals surface area contributed by atoms with Crippen molar-refractivity contribution in [2.75, 3.05) is 38.1 Å². The summed E-state index contributed by atoms with van der Waals surface area (Å²) in [5, 5.41) is 3.24. The van der Waals surface area contributed by atoms with Gasteiger partial charge in [0.2, 0.25) is 0 Å². The fourth-order valence-corrected chi connectivity index (χ4v) is 2.25. The number of benzene rings is 1. The molecule has 0 unspecified atom stereocenters. The summed E-state index contributed by atoms with van der Waals surface area (Å²) in [4.78, 5) is 15.8. The number of nitrogens with zero attached hydrogens (tertiary/aromatic N) is 2. The Labute approximate surface area is 110 Å². The molecule has 1 aromatic rings. The molecule has 0 saturated carbocycles. The molecule has 2 rings (SSSR count). The molecule has 1 heterocycles. The minimum atomic E-state index is 0.0598. The van der Waals surface area contributed by atoms with Gasteiger partial charge in [-0.15, -0.1) is 0 Å². The van der Waals surface area contributed by atoms with Gasteiger partial charge in [0, 0.05) is 43.4 Å². The van der Waals surface area contributed by atoms with Crippen molar-refractivity contribution in [3.8, 4) is 0 Å². The highest BCUT2D eigenvalue weighted by Gasteiger charge is 2.20. The highest BCUT2D eigenvalue weighted by Crippen LogP contribution is 2.19. The fraction of sp³-hybridized carbons (Fsp3) is 0.417. The lowest BCUT2D eigenvalue weighted by atomic mass is 10.3. The first kappa shape index (κ1) is 12.4. The lowest BCUT2D eigenvalue weighted by molar-refractivity contribution is 0.198. The molecule has 1 aromatic carbocycles. The maximum absolute atomic E-state index is 12.2. The summed E-state index contributed by atoms with van der Waals surface area (Å²) in [6.45, 7) is 3.30. The lowest BCUT2D eigenvalue weighted by Gasteiger charge is -2.31. The average molecular weight is 298 g/mol. The second-order valence-corrected chi connectivity index (χ2v) is 4.97. The van der Waals surface area contributed by atoms with Gasteiger partial charge in [0.25, 0.3) is 0 Å². The van der Waals surface area contributed by atoms with E-state index in [1.807, 2.05) is 36.2 Å². The molecule has 1 N–H and O–H groups in total. The zero-order valence-electron chi connectivity index (χ0n) is 9.82. The molecule has 1 aliphatic heterocycles. The van der Waals surface area contributed by atoms with Gasteiger partial charge in [-0.2, -0.15) is 0 Å². The summed E-state index contributed by atoms with van der Waals surface area (Å²) in [6, 6.07) is 7.82. The number of carbonyl (C=O) groups excluding carboxylic acids is 1. The third-order valence-corrected chi connectivity index (χ3v) is 3.36. The maximum Gasteiger partial charge on any atom is 0.324 e. The molecule has 17 heavy (non-hydrogen) atoms. The van der Waals surface area contributed by atoms with E-state index in [-0.39, 0.29) is 6.03 Å². The van der Waals surface area contributed by atoms with Crippen LogP contribution in [0.4, 0.5) is 10.5 Å². The van der Waals surface area contributed by atoms with Crippen LogP contribution in [-0.2, 0) is 0 Å². The highest BCUT2D eigenvalue weighted by molar-refractivity contribution is 9.10.